The Hall–Kier alpha value is -2.52. The summed E-state index contributed by atoms with van der Waals surface area (Å²) in [5.41, 5.74) is -0.198. The van der Waals surface area contributed by atoms with Crippen molar-refractivity contribution < 1.29 is 26.7 Å². The van der Waals surface area contributed by atoms with Crippen molar-refractivity contribution in [2.24, 2.45) is 11.8 Å². The molecule has 2 aromatic rings. The predicted octanol–water partition coefficient (Wildman–Crippen LogP) is 3.89. The van der Waals surface area contributed by atoms with Crippen LogP contribution in [0.4, 0.5) is 14.5 Å². The molecule has 162 valence electrons. The minimum atomic E-state index is -3.91. The van der Waals surface area contributed by atoms with Crippen LogP contribution in [0, 0.1) is 23.5 Å². The third-order valence-corrected chi connectivity index (χ3v) is 6.91. The van der Waals surface area contributed by atoms with Gasteiger partial charge in [0, 0.05) is 24.7 Å². The lowest BCUT2D eigenvalue weighted by molar-refractivity contribution is 0.102. The molecule has 1 aliphatic heterocycles. The van der Waals surface area contributed by atoms with Crippen molar-refractivity contribution in [1.29, 1.82) is 0 Å². The molecule has 0 bridgehead atoms. The largest absolute Gasteiger partial charge is 0.495 e. The number of benzene rings is 2. The highest BCUT2D eigenvalue weighted by atomic mass is 32.2. The smallest absolute Gasteiger partial charge is 0.255 e. The van der Waals surface area contributed by atoms with Gasteiger partial charge in [-0.05, 0) is 48.6 Å². The van der Waals surface area contributed by atoms with Gasteiger partial charge in [-0.15, -0.1) is 0 Å². The van der Waals surface area contributed by atoms with Gasteiger partial charge in [0.25, 0.3) is 5.91 Å². The number of nitrogens with zero attached hydrogens (tertiary/aromatic N) is 1. The zero-order chi connectivity index (χ0) is 22.1. The van der Waals surface area contributed by atoms with Crippen LogP contribution < -0.4 is 10.1 Å². The van der Waals surface area contributed by atoms with E-state index in [-0.39, 0.29) is 33.7 Å². The highest BCUT2D eigenvalue weighted by Gasteiger charge is 2.34. The first kappa shape index (κ1) is 22.2. The van der Waals surface area contributed by atoms with E-state index < -0.39 is 27.6 Å². The van der Waals surface area contributed by atoms with Crippen molar-refractivity contribution in [3.8, 4) is 5.75 Å². The summed E-state index contributed by atoms with van der Waals surface area (Å²) in [7, 11) is -2.56. The summed E-state index contributed by atoms with van der Waals surface area (Å²) in [5.74, 6) is -1.88. The van der Waals surface area contributed by atoms with E-state index in [1.165, 1.54) is 29.6 Å². The molecule has 1 amide bonds. The van der Waals surface area contributed by atoms with Gasteiger partial charge in [0.15, 0.2) is 0 Å². The number of carbonyl (C=O) groups excluding carboxylic acids is 1. The summed E-state index contributed by atoms with van der Waals surface area (Å²) in [6.07, 6.45) is 0.939. The van der Waals surface area contributed by atoms with E-state index in [0.717, 1.165) is 18.6 Å². The van der Waals surface area contributed by atoms with E-state index in [9.17, 15) is 22.0 Å². The molecule has 1 heterocycles. The molecule has 6 nitrogen and oxygen atoms in total. The first-order valence-electron chi connectivity index (χ1n) is 9.56. The molecule has 1 saturated heterocycles. The lowest BCUT2D eigenvalue weighted by atomic mass is 9.94. The average molecular weight is 438 g/mol. The molecule has 0 saturated carbocycles. The maximum atomic E-state index is 13.9. The number of sulfonamides is 1. The Balaban J connectivity index is 1.94. The summed E-state index contributed by atoms with van der Waals surface area (Å²) < 4.78 is 60.1. The highest BCUT2D eigenvalue weighted by Crippen LogP contribution is 2.32. The molecule has 2 unspecified atom stereocenters. The third-order valence-electron chi connectivity index (χ3n) is 5.06. The second-order valence-electron chi connectivity index (χ2n) is 7.71. The van der Waals surface area contributed by atoms with Crippen LogP contribution in [0.3, 0.4) is 0 Å². The normalized spacial score (nSPS) is 20.0. The molecule has 2 aromatic carbocycles. The molecule has 1 aliphatic rings. The monoisotopic (exact) mass is 438 g/mol. The van der Waals surface area contributed by atoms with E-state index >= 15 is 0 Å². The number of nitrogens with one attached hydrogen (secondary N) is 1. The Morgan fingerprint density at radius 3 is 2.37 bits per heavy atom. The molecule has 0 aromatic heterocycles. The topological polar surface area (TPSA) is 75.7 Å². The number of anilines is 1. The van der Waals surface area contributed by atoms with Crippen molar-refractivity contribution in [3.05, 3.63) is 53.6 Å². The van der Waals surface area contributed by atoms with Crippen molar-refractivity contribution in [2.75, 3.05) is 25.5 Å². The van der Waals surface area contributed by atoms with Crippen LogP contribution in [0.25, 0.3) is 0 Å². The molecule has 1 fully saturated rings. The lowest BCUT2D eigenvalue weighted by Gasteiger charge is -2.34. The fourth-order valence-corrected chi connectivity index (χ4v) is 5.61. The van der Waals surface area contributed by atoms with E-state index in [0.29, 0.717) is 19.2 Å². The molecule has 30 heavy (non-hydrogen) atoms. The lowest BCUT2D eigenvalue weighted by Crippen LogP contribution is -2.42. The predicted molar refractivity (Wildman–Crippen MR) is 109 cm³/mol. The Morgan fingerprint density at radius 1 is 1.10 bits per heavy atom. The maximum Gasteiger partial charge on any atom is 0.255 e. The Kier molecular flexibility index (Phi) is 6.42. The van der Waals surface area contributed by atoms with E-state index in [4.69, 9.17) is 4.74 Å². The molecule has 1 N–H and O–H groups in total. The van der Waals surface area contributed by atoms with Crippen molar-refractivity contribution in [3.63, 3.8) is 0 Å². The van der Waals surface area contributed by atoms with Gasteiger partial charge in [0.1, 0.15) is 22.3 Å². The minimum absolute atomic E-state index is 0.0104. The summed E-state index contributed by atoms with van der Waals surface area (Å²) in [6.45, 7) is 4.76. The average Bonchev–Trinajstić information content (AvgIpc) is 2.68. The van der Waals surface area contributed by atoms with Crippen molar-refractivity contribution >= 4 is 21.6 Å². The maximum absolute atomic E-state index is 13.9. The number of methoxy groups -OCH3 is 1. The summed E-state index contributed by atoms with van der Waals surface area (Å²) in [5, 5.41) is 2.33. The number of hydrogen-bond acceptors (Lipinski definition) is 4. The number of hydrogen-bond donors (Lipinski definition) is 1. The first-order chi connectivity index (χ1) is 14.1. The van der Waals surface area contributed by atoms with Crippen molar-refractivity contribution in [1.82, 2.24) is 4.31 Å². The molecular formula is C21H24F2N2O4S. The fourth-order valence-electron chi connectivity index (χ4n) is 3.75. The van der Waals surface area contributed by atoms with Crippen LogP contribution in [0.2, 0.25) is 0 Å². The number of ether oxygens (including phenoxy) is 1. The zero-order valence-corrected chi connectivity index (χ0v) is 17.8. The standard InChI is InChI=1S/C21H24F2N2O4S/c1-13-8-14(2)12-25(11-13)30(27,28)20-9-15(4-7-19(20)29-3)21(26)24-18-6-5-16(22)10-17(18)23/h4-7,9-10,13-14H,8,11-12H2,1-3H3,(H,24,26). The van der Waals surface area contributed by atoms with E-state index in [2.05, 4.69) is 5.32 Å². The van der Waals surface area contributed by atoms with Crippen molar-refractivity contribution in [2.45, 2.75) is 25.2 Å². The minimum Gasteiger partial charge on any atom is -0.495 e. The molecule has 2 atom stereocenters. The zero-order valence-electron chi connectivity index (χ0n) is 17.0. The molecule has 9 heteroatoms. The number of carbonyl (C=O) groups is 1. The van der Waals surface area contributed by atoms with Gasteiger partial charge in [0.2, 0.25) is 10.0 Å². The Bertz CT molecular complexity index is 1050. The van der Waals surface area contributed by atoms with Crippen LogP contribution in [-0.2, 0) is 10.0 Å². The van der Waals surface area contributed by atoms with Gasteiger partial charge in [-0.25, -0.2) is 17.2 Å². The van der Waals surface area contributed by atoms with Gasteiger partial charge in [-0.1, -0.05) is 13.8 Å². The van der Waals surface area contributed by atoms with Gasteiger partial charge in [0.05, 0.1) is 12.8 Å². The summed E-state index contributed by atoms with van der Waals surface area (Å²) in [6, 6.07) is 6.75. The van der Waals surface area contributed by atoms with Crippen LogP contribution >= 0.6 is 0 Å². The Morgan fingerprint density at radius 2 is 1.77 bits per heavy atom. The van der Waals surface area contributed by atoms with E-state index in [1.54, 1.807) is 0 Å². The molecule has 3 rings (SSSR count). The molecule has 0 spiro atoms. The van der Waals surface area contributed by atoms with Crippen LogP contribution in [0.5, 0.6) is 5.75 Å². The van der Waals surface area contributed by atoms with Crippen LogP contribution in [0.1, 0.15) is 30.6 Å². The number of rotatable bonds is 5. The fraction of sp³-hybridized carbons (Fsp3) is 0.381. The molecular weight excluding hydrogens is 414 g/mol. The van der Waals surface area contributed by atoms with Gasteiger partial charge in [-0.3, -0.25) is 4.79 Å². The Labute approximate surface area is 174 Å². The number of amides is 1. The SMILES string of the molecule is COc1ccc(C(=O)Nc2ccc(F)cc2F)cc1S(=O)(=O)N1CC(C)CC(C)C1. The van der Waals surface area contributed by atoms with Crippen LogP contribution in [-0.4, -0.2) is 38.8 Å². The number of piperidine rings is 1. The second kappa shape index (κ2) is 8.69. The number of halogens is 2. The summed E-state index contributed by atoms with van der Waals surface area (Å²) >= 11 is 0. The van der Waals surface area contributed by atoms with E-state index in [1.807, 2.05) is 13.8 Å². The first-order valence-corrected chi connectivity index (χ1v) is 11.0. The quantitative estimate of drug-likeness (QED) is 0.769. The van der Waals surface area contributed by atoms with Gasteiger partial charge >= 0.3 is 0 Å². The van der Waals surface area contributed by atoms with Gasteiger partial charge in [-0.2, -0.15) is 4.31 Å². The highest BCUT2D eigenvalue weighted by molar-refractivity contribution is 7.89. The second-order valence-corrected chi connectivity index (χ2v) is 9.62. The van der Waals surface area contributed by atoms with Gasteiger partial charge < -0.3 is 10.1 Å². The molecule has 0 aliphatic carbocycles. The van der Waals surface area contributed by atoms with Crippen LogP contribution in [0.15, 0.2) is 41.3 Å². The third kappa shape index (κ3) is 4.62. The molecule has 0 radical (unpaired) electrons. The summed E-state index contributed by atoms with van der Waals surface area (Å²) in [4.78, 5) is 12.5.